The molecule has 0 spiro atoms. The third kappa shape index (κ3) is 2.51. The molecule has 6 heteroatoms. The lowest BCUT2D eigenvalue weighted by molar-refractivity contribution is 0.169. The molecule has 0 aliphatic heterocycles. The average Bonchev–Trinajstić information content (AvgIpc) is 2.82. The van der Waals surface area contributed by atoms with Crippen LogP contribution in [0, 0.1) is 6.92 Å². The van der Waals surface area contributed by atoms with E-state index in [4.69, 9.17) is 23.2 Å². The van der Waals surface area contributed by atoms with Crippen molar-refractivity contribution in [2.24, 2.45) is 0 Å². The minimum atomic E-state index is -0.613. The van der Waals surface area contributed by atoms with E-state index < -0.39 is 6.10 Å². The molecule has 4 nitrogen and oxygen atoms in total. The Morgan fingerprint density at radius 1 is 1.33 bits per heavy atom. The number of hydrogen-bond acceptors (Lipinski definition) is 3. The molecular formula is C12H13Cl2N3O. The first kappa shape index (κ1) is 13.3. The van der Waals surface area contributed by atoms with Gasteiger partial charge in [-0.25, -0.2) is 4.68 Å². The Bertz CT molecular complexity index is 568. The zero-order valence-electron chi connectivity index (χ0n) is 10.1. The van der Waals surface area contributed by atoms with Crippen LogP contribution < -0.4 is 0 Å². The van der Waals surface area contributed by atoms with Crippen molar-refractivity contribution in [3.8, 4) is 5.69 Å². The van der Waals surface area contributed by atoms with Gasteiger partial charge in [0.2, 0.25) is 0 Å². The van der Waals surface area contributed by atoms with E-state index in [1.54, 1.807) is 18.3 Å². The Balaban J connectivity index is 2.43. The van der Waals surface area contributed by atoms with E-state index in [-0.39, 0.29) is 0 Å². The van der Waals surface area contributed by atoms with Crippen molar-refractivity contribution in [1.82, 2.24) is 15.0 Å². The van der Waals surface area contributed by atoms with Gasteiger partial charge in [0.15, 0.2) is 0 Å². The van der Waals surface area contributed by atoms with E-state index in [2.05, 4.69) is 10.3 Å². The predicted molar refractivity (Wildman–Crippen MR) is 71.4 cm³/mol. The molecule has 1 heterocycles. The van der Waals surface area contributed by atoms with Crippen LogP contribution >= 0.6 is 23.2 Å². The van der Waals surface area contributed by atoms with Crippen LogP contribution in [0.25, 0.3) is 5.69 Å². The minimum Gasteiger partial charge on any atom is -0.387 e. The molecule has 18 heavy (non-hydrogen) atoms. The summed E-state index contributed by atoms with van der Waals surface area (Å²) in [4.78, 5) is 0. The molecule has 1 N–H and O–H groups in total. The lowest BCUT2D eigenvalue weighted by Gasteiger charge is -2.06. The van der Waals surface area contributed by atoms with Crippen LogP contribution in [0.15, 0.2) is 18.3 Å². The van der Waals surface area contributed by atoms with E-state index in [1.807, 2.05) is 13.8 Å². The standard InChI is InChI=1S/C12H13Cl2N3O/c1-3-12(18)10-6-17(16-15-10)11-5-8(13)7(2)4-9(11)14/h4-6,12,18H,3H2,1-2H3. The van der Waals surface area contributed by atoms with Gasteiger partial charge in [0.25, 0.3) is 0 Å². The van der Waals surface area contributed by atoms with Crippen LogP contribution in [-0.4, -0.2) is 20.1 Å². The quantitative estimate of drug-likeness (QED) is 0.941. The van der Waals surface area contributed by atoms with E-state index >= 15 is 0 Å². The fraction of sp³-hybridized carbons (Fsp3) is 0.333. The van der Waals surface area contributed by atoms with Gasteiger partial charge in [-0.15, -0.1) is 5.10 Å². The summed E-state index contributed by atoms with van der Waals surface area (Å²) in [6, 6.07) is 3.51. The lowest BCUT2D eigenvalue weighted by atomic mass is 10.2. The summed E-state index contributed by atoms with van der Waals surface area (Å²) in [6.45, 7) is 3.75. The second kappa shape index (κ2) is 5.26. The van der Waals surface area contributed by atoms with Crippen molar-refractivity contribution in [3.05, 3.63) is 39.6 Å². The highest BCUT2D eigenvalue weighted by Gasteiger charge is 2.13. The number of halogens is 2. The molecule has 0 aliphatic carbocycles. The largest absolute Gasteiger partial charge is 0.387 e. The normalized spacial score (nSPS) is 12.7. The summed E-state index contributed by atoms with van der Waals surface area (Å²) < 4.78 is 1.52. The number of aliphatic hydroxyl groups excluding tert-OH is 1. The summed E-state index contributed by atoms with van der Waals surface area (Å²) in [5.74, 6) is 0. The van der Waals surface area contributed by atoms with Crippen LogP contribution in [0.5, 0.6) is 0 Å². The highest BCUT2D eigenvalue weighted by molar-refractivity contribution is 6.35. The van der Waals surface area contributed by atoms with Gasteiger partial charge >= 0.3 is 0 Å². The Morgan fingerprint density at radius 3 is 2.72 bits per heavy atom. The molecule has 96 valence electrons. The van der Waals surface area contributed by atoms with Gasteiger partial charge in [0.05, 0.1) is 23.0 Å². The number of aliphatic hydroxyl groups is 1. The van der Waals surface area contributed by atoms with Crippen LogP contribution in [0.2, 0.25) is 10.0 Å². The average molecular weight is 286 g/mol. The zero-order valence-corrected chi connectivity index (χ0v) is 11.6. The first-order valence-electron chi connectivity index (χ1n) is 5.59. The van der Waals surface area contributed by atoms with Gasteiger partial charge in [-0.3, -0.25) is 0 Å². The van der Waals surface area contributed by atoms with Gasteiger partial charge in [-0.05, 0) is 31.0 Å². The highest BCUT2D eigenvalue weighted by atomic mass is 35.5. The van der Waals surface area contributed by atoms with E-state index in [0.29, 0.717) is 27.8 Å². The molecule has 2 rings (SSSR count). The number of hydrogen-bond donors (Lipinski definition) is 1. The van der Waals surface area contributed by atoms with Crippen molar-refractivity contribution >= 4 is 23.2 Å². The zero-order chi connectivity index (χ0) is 13.3. The third-order valence-electron chi connectivity index (χ3n) is 2.71. The maximum Gasteiger partial charge on any atom is 0.112 e. The van der Waals surface area contributed by atoms with Crippen molar-refractivity contribution < 1.29 is 5.11 Å². The molecule has 1 unspecified atom stereocenters. The van der Waals surface area contributed by atoms with E-state index in [1.165, 1.54) is 4.68 Å². The SMILES string of the molecule is CCC(O)c1cn(-c2cc(Cl)c(C)cc2Cl)nn1. The second-order valence-corrected chi connectivity index (χ2v) is 4.88. The van der Waals surface area contributed by atoms with Gasteiger partial charge in [-0.2, -0.15) is 0 Å². The van der Waals surface area contributed by atoms with E-state index in [9.17, 15) is 5.11 Å². The summed E-state index contributed by atoms with van der Waals surface area (Å²) in [5, 5.41) is 18.7. The third-order valence-corrected chi connectivity index (χ3v) is 3.42. The van der Waals surface area contributed by atoms with Crippen molar-refractivity contribution in [2.45, 2.75) is 26.4 Å². The van der Waals surface area contributed by atoms with Crippen LogP contribution in [-0.2, 0) is 0 Å². The van der Waals surface area contributed by atoms with Crippen molar-refractivity contribution in [1.29, 1.82) is 0 Å². The summed E-state index contributed by atoms with van der Waals surface area (Å²) in [7, 11) is 0. The molecule has 2 aromatic rings. The smallest absolute Gasteiger partial charge is 0.112 e. The number of benzene rings is 1. The molecule has 0 fully saturated rings. The summed E-state index contributed by atoms with van der Waals surface area (Å²) in [5.41, 5.74) is 2.07. The molecule has 0 saturated heterocycles. The van der Waals surface area contributed by atoms with Gasteiger partial charge < -0.3 is 5.11 Å². The summed E-state index contributed by atoms with van der Waals surface area (Å²) >= 11 is 12.2. The maximum absolute atomic E-state index is 9.68. The molecule has 1 atom stereocenters. The Kier molecular flexibility index (Phi) is 3.90. The predicted octanol–water partition coefficient (Wildman–Crippen LogP) is 3.33. The Labute approximate surface area is 115 Å². The van der Waals surface area contributed by atoms with Crippen molar-refractivity contribution in [2.75, 3.05) is 0 Å². The maximum atomic E-state index is 9.68. The Morgan fingerprint density at radius 2 is 2.06 bits per heavy atom. The van der Waals surface area contributed by atoms with Crippen LogP contribution in [0.4, 0.5) is 0 Å². The minimum absolute atomic E-state index is 0.519. The number of nitrogens with zero attached hydrogens (tertiary/aromatic N) is 3. The molecule has 0 saturated carbocycles. The first-order valence-corrected chi connectivity index (χ1v) is 6.34. The first-order chi connectivity index (χ1) is 8.52. The van der Waals surface area contributed by atoms with E-state index in [0.717, 1.165) is 5.56 Å². The molecule has 0 amide bonds. The molecular weight excluding hydrogens is 273 g/mol. The lowest BCUT2D eigenvalue weighted by Crippen LogP contribution is -1.97. The van der Waals surface area contributed by atoms with Gasteiger partial charge in [0, 0.05) is 5.02 Å². The Hall–Kier alpha value is -1.10. The number of aryl methyl sites for hydroxylation is 1. The molecule has 0 bridgehead atoms. The topological polar surface area (TPSA) is 50.9 Å². The number of aromatic nitrogens is 3. The van der Waals surface area contributed by atoms with Gasteiger partial charge in [0.1, 0.15) is 5.69 Å². The molecule has 0 radical (unpaired) electrons. The highest BCUT2D eigenvalue weighted by Crippen LogP contribution is 2.27. The van der Waals surface area contributed by atoms with Gasteiger partial charge in [-0.1, -0.05) is 35.3 Å². The fourth-order valence-electron chi connectivity index (χ4n) is 1.57. The van der Waals surface area contributed by atoms with Crippen LogP contribution in [0.3, 0.4) is 0 Å². The van der Waals surface area contributed by atoms with Crippen LogP contribution in [0.1, 0.15) is 30.7 Å². The number of rotatable bonds is 3. The summed E-state index contributed by atoms with van der Waals surface area (Å²) in [6.07, 6.45) is 1.63. The monoisotopic (exact) mass is 285 g/mol. The molecule has 1 aromatic heterocycles. The second-order valence-electron chi connectivity index (χ2n) is 4.06. The van der Waals surface area contributed by atoms with Crippen molar-refractivity contribution in [3.63, 3.8) is 0 Å². The molecule has 1 aromatic carbocycles. The molecule has 0 aliphatic rings. The fourth-order valence-corrected chi connectivity index (χ4v) is 2.03.